The molecule has 9 heteroatoms. The average molecular weight is 501 g/mol. The number of hydrogen-bond donors (Lipinski definition) is 1. The monoisotopic (exact) mass is 500 g/mol. The Morgan fingerprint density at radius 3 is 2.29 bits per heavy atom. The van der Waals surface area contributed by atoms with E-state index < -0.39 is 23.3 Å². The first-order valence-electron chi connectivity index (χ1n) is 10.8. The second kappa shape index (κ2) is 9.30. The maximum atomic E-state index is 12.8. The SMILES string of the molecule is CC(Sc1ccc(OC(C)(C)C(=O)O)cc1)c1ccc2nn(-c3ccc(C(F)(F)F)cc3)cc2c1. The molecule has 35 heavy (non-hydrogen) atoms. The molecule has 0 amide bonds. The summed E-state index contributed by atoms with van der Waals surface area (Å²) < 4.78 is 45.6. The van der Waals surface area contributed by atoms with Gasteiger partial charge in [0.15, 0.2) is 5.60 Å². The number of carbonyl (C=O) groups is 1. The van der Waals surface area contributed by atoms with Crippen LogP contribution >= 0.6 is 11.8 Å². The number of aromatic nitrogens is 2. The summed E-state index contributed by atoms with van der Waals surface area (Å²) in [7, 11) is 0. The van der Waals surface area contributed by atoms with E-state index in [1.165, 1.54) is 26.0 Å². The van der Waals surface area contributed by atoms with E-state index in [4.69, 9.17) is 4.74 Å². The van der Waals surface area contributed by atoms with Gasteiger partial charge in [0.2, 0.25) is 0 Å². The Kier molecular flexibility index (Phi) is 6.55. The normalized spacial score (nSPS) is 13.1. The van der Waals surface area contributed by atoms with Crippen molar-refractivity contribution >= 4 is 28.6 Å². The van der Waals surface area contributed by atoms with Crippen LogP contribution in [0.5, 0.6) is 5.75 Å². The fourth-order valence-electron chi connectivity index (χ4n) is 3.43. The molecule has 5 nitrogen and oxygen atoms in total. The summed E-state index contributed by atoms with van der Waals surface area (Å²) in [5.74, 6) is -0.562. The first-order valence-corrected chi connectivity index (χ1v) is 11.7. The van der Waals surface area contributed by atoms with Crippen LogP contribution in [0.15, 0.2) is 77.8 Å². The highest BCUT2D eigenvalue weighted by Gasteiger charge is 2.30. The van der Waals surface area contributed by atoms with E-state index >= 15 is 0 Å². The van der Waals surface area contributed by atoms with E-state index in [9.17, 15) is 23.1 Å². The number of carboxylic acid groups (broad SMARTS) is 1. The zero-order valence-corrected chi connectivity index (χ0v) is 20.0. The third-order valence-electron chi connectivity index (χ3n) is 5.48. The highest BCUT2D eigenvalue weighted by Crippen LogP contribution is 2.37. The zero-order chi connectivity index (χ0) is 25.4. The second-order valence-corrected chi connectivity index (χ2v) is 10.00. The predicted molar refractivity (Wildman–Crippen MR) is 129 cm³/mol. The van der Waals surface area contributed by atoms with Crippen LogP contribution in [0.1, 0.15) is 37.1 Å². The van der Waals surface area contributed by atoms with Gasteiger partial charge in [0.25, 0.3) is 0 Å². The van der Waals surface area contributed by atoms with Gasteiger partial charge in [-0.25, -0.2) is 9.48 Å². The standard InChI is InChI=1S/C26H23F3N2O3S/c1-16(35-22-11-9-21(10-12-22)34-25(2,3)24(32)33)17-4-13-23-18(14-17)15-31(30-23)20-7-5-19(6-8-20)26(27,28)29/h4-16H,1-3H3,(H,32,33). The van der Waals surface area contributed by atoms with Gasteiger partial charge in [-0.1, -0.05) is 6.07 Å². The molecule has 0 fully saturated rings. The number of thioether (sulfide) groups is 1. The summed E-state index contributed by atoms with van der Waals surface area (Å²) in [5.41, 5.74) is 0.348. The van der Waals surface area contributed by atoms with Crippen LogP contribution in [0, 0.1) is 0 Å². The third kappa shape index (κ3) is 5.62. The van der Waals surface area contributed by atoms with Crippen LogP contribution in [0.25, 0.3) is 16.6 Å². The number of halogens is 3. The van der Waals surface area contributed by atoms with Gasteiger partial charge in [-0.3, -0.25) is 0 Å². The summed E-state index contributed by atoms with van der Waals surface area (Å²) in [5, 5.41) is 14.7. The van der Waals surface area contributed by atoms with E-state index in [2.05, 4.69) is 12.0 Å². The van der Waals surface area contributed by atoms with Gasteiger partial charge in [-0.2, -0.15) is 18.3 Å². The number of benzene rings is 3. The van der Waals surface area contributed by atoms with E-state index in [1.807, 2.05) is 30.3 Å². The van der Waals surface area contributed by atoms with E-state index in [0.717, 1.165) is 33.5 Å². The lowest BCUT2D eigenvalue weighted by Crippen LogP contribution is -2.37. The number of fused-ring (bicyclic) bond motifs is 1. The molecular formula is C26H23F3N2O3S. The number of nitrogens with zero attached hydrogens (tertiary/aromatic N) is 2. The maximum absolute atomic E-state index is 12.8. The molecule has 0 bridgehead atoms. The highest BCUT2D eigenvalue weighted by atomic mass is 32.2. The molecule has 1 atom stereocenters. The molecule has 1 aromatic heterocycles. The van der Waals surface area contributed by atoms with Gasteiger partial charge in [0, 0.05) is 21.7 Å². The Labute approximate surface area is 204 Å². The number of hydrogen-bond acceptors (Lipinski definition) is 4. The van der Waals surface area contributed by atoms with Crippen LogP contribution in [0.3, 0.4) is 0 Å². The Balaban J connectivity index is 1.48. The molecule has 3 aromatic carbocycles. The summed E-state index contributed by atoms with van der Waals surface area (Å²) in [6.45, 7) is 5.07. The zero-order valence-electron chi connectivity index (χ0n) is 19.2. The molecule has 1 N–H and O–H groups in total. The maximum Gasteiger partial charge on any atom is 0.416 e. The van der Waals surface area contributed by atoms with Crippen LogP contribution < -0.4 is 4.74 Å². The summed E-state index contributed by atoms with van der Waals surface area (Å²) in [6, 6.07) is 18.1. The lowest BCUT2D eigenvalue weighted by molar-refractivity contribution is -0.152. The molecule has 1 heterocycles. The molecule has 1 unspecified atom stereocenters. The van der Waals surface area contributed by atoms with E-state index in [-0.39, 0.29) is 5.25 Å². The van der Waals surface area contributed by atoms with Crippen molar-refractivity contribution in [2.24, 2.45) is 0 Å². The minimum atomic E-state index is -4.38. The molecule has 0 radical (unpaired) electrons. The quantitative estimate of drug-likeness (QED) is 0.273. The van der Waals surface area contributed by atoms with Gasteiger partial charge >= 0.3 is 12.1 Å². The average Bonchev–Trinajstić information content (AvgIpc) is 3.23. The smallest absolute Gasteiger partial charge is 0.416 e. The molecule has 0 spiro atoms. The second-order valence-electron chi connectivity index (χ2n) is 8.59. The van der Waals surface area contributed by atoms with Gasteiger partial charge in [0.05, 0.1) is 16.8 Å². The Morgan fingerprint density at radius 1 is 1.03 bits per heavy atom. The number of carboxylic acids is 1. The molecule has 0 saturated heterocycles. The van der Waals surface area contributed by atoms with Crippen molar-refractivity contribution in [1.82, 2.24) is 9.78 Å². The lowest BCUT2D eigenvalue weighted by Gasteiger charge is -2.21. The number of ether oxygens (including phenoxy) is 1. The summed E-state index contributed by atoms with van der Waals surface area (Å²) in [4.78, 5) is 12.2. The van der Waals surface area contributed by atoms with Gasteiger partial charge in [-0.05, 0) is 87.0 Å². The van der Waals surface area contributed by atoms with Crippen molar-refractivity contribution in [1.29, 1.82) is 0 Å². The van der Waals surface area contributed by atoms with Crippen LogP contribution in [-0.2, 0) is 11.0 Å². The van der Waals surface area contributed by atoms with Crippen molar-refractivity contribution in [3.8, 4) is 11.4 Å². The molecular weight excluding hydrogens is 477 g/mol. The number of alkyl halides is 3. The number of aliphatic carboxylic acids is 1. The van der Waals surface area contributed by atoms with Crippen molar-refractivity contribution in [2.75, 3.05) is 0 Å². The van der Waals surface area contributed by atoms with Crippen molar-refractivity contribution in [2.45, 2.75) is 42.7 Å². The van der Waals surface area contributed by atoms with Crippen molar-refractivity contribution in [3.05, 3.63) is 84.1 Å². The summed E-state index contributed by atoms with van der Waals surface area (Å²) >= 11 is 1.64. The third-order valence-corrected chi connectivity index (χ3v) is 6.65. The Hall–Kier alpha value is -3.46. The first-order chi connectivity index (χ1) is 16.4. The van der Waals surface area contributed by atoms with Crippen molar-refractivity contribution in [3.63, 3.8) is 0 Å². The fraction of sp³-hybridized carbons (Fsp3) is 0.231. The Bertz CT molecular complexity index is 1350. The molecule has 0 aliphatic heterocycles. The minimum absolute atomic E-state index is 0.107. The highest BCUT2D eigenvalue weighted by molar-refractivity contribution is 7.99. The predicted octanol–water partition coefficient (Wildman–Crippen LogP) is 7.14. The van der Waals surface area contributed by atoms with Crippen LogP contribution in [-0.4, -0.2) is 26.5 Å². The lowest BCUT2D eigenvalue weighted by atomic mass is 10.1. The van der Waals surface area contributed by atoms with Crippen molar-refractivity contribution < 1.29 is 27.8 Å². The molecule has 4 aromatic rings. The minimum Gasteiger partial charge on any atom is -0.478 e. The van der Waals surface area contributed by atoms with Crippen LogP contribution in [0.4, 0.5) is 13.2 Å². The van der Waals surface area contributed by atoms with E-state index in [0.29, 0.717) is 11.4 Å². The van der Waals surface area contributed by atoms with Crippen LogP contribution in [0.2, 0.25) is 0 Å². The molecule has 4 rings (SSSR count). The molecule has 0 aliphatic carbocycles. The van der Waals surface area contributed by atoms with E-state index in [1.54, 1.807) is 34.8 Å². The molecule has 0 saturated carbocycles. The fourth-order valence-corrected chi connectivity index (χ4v) is 4.41. The summed E-state index contributed by atoms with van der Waals surface area (Å²) in [6.07, 6.45) is -2.58. The van der Waals surface area contributed by atoms with Gasteiger partial charge in [0.1, 0.15) is 5.75 Å². The largest absolute Gasteiger partial charge is 0.478 e. The molecule has 182 valence electrons. The van der Waals surface area contributed by atoms with Gasteiger partial charge < -0.3 is 9.84 Å². The van der Waals surface area contributed by atoms with Gasteiger partial charge in [-0.15, -0.1) is 11.8 Å². The molecule has 0 aliphatic rings. The number of rotatable bonds is 7. The topological polar surface area (TPSA) is 64.3 Å². The Morgan fingerprint density at radius 2 is 1.69 bits per heavy atom. The first kappa shape index (κ1) is 24.7.